The van der Waals surface area contributed by atoms with E-state index in [1.807, 2.05) is 18.2 Å². The highest BCUT2D eigenvalue weighted by atomic mass is 32.1. The molecule has 5 heteroatoms. The Labute approximate surface area is 161 Å². The first kappa shape index (κ1) is 17.6. The predicted octanol–water partition coefficient (Wildman–Crippen LogP) is 3.40. The molecule has 0 aliphatic rings. The molecule has 1 atom stereocenters. The smallest absolute Gasteiger partial charge is 0.258 e. The van der Waals surface area contributed by atoms with Gasteiger partial charge in [0.05, 0.1) is 15.8 Å². The summed E-state index contributed by atoms with van der Waals surface area (Å²) in [5, 5.41) is 4.97. The lowest BCUT2D eigenvalue weighted by Gasteiger charge is -2.15. The van der Waals surface area contributed by atoms with Crippen LogP contribution in [0.1, 0.15) is 34.8 Å². The number of aryl methyl sites for hydroxylation is 1. The van der Waals surface area contributed by atoms with Gasteiger partial charge in [0.1, 0.15) is 12.6 Å². The van der Waals surface area contributed by atoms with Crippen molar-refractivity contribution in [1.82, 2.24) is 9.97 Å². The molecule has 4 rings (SSSR count). The number of para-hydroxylation sites is 1. The highest BCUT2D eigenvalue weighted by Gasteiger charge is 2.19. The number of nitrogens with one attached hydrogen (secondary N) is 1. The molecule has 0 unspecified atom stereocenters. The maximum atomic E-state index is 12.3. The number of hydrogen-bond donors (Lipinski definition) is 2. The zero-order valence-electron chi connectivity index (χ0n) is 15.2. The minimum atomic E-state index is -0.0797. The summed E-state index contributed by atoms with van der Waals surface area (Å²) in [6, 6.07) is 20.7. The molecule has 0 bridgehead atoms. The van der Waals surface area contributed by atoms with Crippen molar-refractivity contribution in [2.45, 2.75) is 25.9 Å². The molecule has 3 N–H and O–H groups in total. The second kappa shape index (κ2) is 7.86. The second-order valence-corrected chi connectivity index (χ2v) is 7.54. The van der Waals surface area contributed by atoms with Gasteiger partial charge in [-0.25, -0.2) is 4.98 Å². The minimum absolute atomic E-state index is 0.0797. The summed E-state index contributed by atoms with van der Waals surface area (Å²) in [6.07, 6.45) is 1.04. The number of H-pyrrole nitrogens is 1. The van der Waals surface area contributed by atoms with Crippen molar-refractivity contribution < 1.29 is 5.32 Å². The van der Waals surface area contributed by atoms with E-state index in [1.54, 1.807) is 17.4 Å². The lowest BCUT2D eigenvalue weighted by molar-refractivity contribution is -0.702. The number of rotatable bonds is 6. The van der Waals surface area contributed by atoms with Crippen LogP contribution >= 0.6 is 11.3 Å². The molecule has 0 aliphatic carbocycles. The lowest BCUT2D eigenvalue weighted by atomic mass is 10.0. The molecular weight excluding hydrogens is 354 g/mol. The Morgan fingerprint density at radius 1 is 1.07 bits per heavy atom. The molecule has 0 saturated heterocycles. The zero-order chi connectivity index (χ0) is 18.6. The third kappa shape index (κ3) is 3.84. The van der Waals surface area contributed by atoms with Crippen LogP contribution in [0.2, 0.25) is 0 Å². The van der Waals surface area contributed by atoms with E-state index in [1.165, 1.54) is 16.0 Å². The third-order valence-electron chi connectivity index (χ3n) is 4.81. The summed E-state index contributed by atoms with van der Waals surface area (Å²) in [7, 11) is 0. The van der Waals surface area contributed by atoms with Gasteiger partial charge in [-0.1, -0.05) is 49.4 Å². The van der Waals surface area contributed by atoms with Crippen molar-refractivity contribution in [3.63, 3.8) is 0 Å². The molecule has 0 radical (unpaired) electrons. The molecule has 2 aromatic heterocycles. The van der Waals surface area contributed by atoms with Gasteiger partial charge < -0.3 is 10.3 Å². The summed E-state index contributed by atoms with van der Waals surface area (Å²) in [4.78, 5) is 21.2. The molecule has 27 heavy (non-hydrogen) atoms. The second-order valence-electron chi connectivity index (χ2n) is 6.56. The quantitative estimate of drug-likeness (QED) is 0.542. The lowest BCUT2D eigenvalue weighted by Crippen LogP contribution is -2.84. The molecule has 0 saturated carbocycles. The third-order valence-corrected chi connectivity index (χ3v) is 5.76. The molecule has 4 aromatic rings. The van der Waals surface area contributed by atoms with Crippen LogP contribution in [0.15, 0.2) is 70.8 Å². The van der Waals surface area contributed by atoms with Gasteiger partial charge in [0.2, 0.25) is 0 Å². The largest absolute Gasteiger partial charge is 0.329 e. The highest BCUT2D eigenvalue weighted by Crippen LogP contribution is 2.23. The van der Waals surface area contributed by atoms with Crippen LogP contribution in [0.25, 0.3) is 10.9 Å². The van der Waals surface area contributed by atoms with Gasteiger partial charge in [0.25, 0.3) is 5.56 Å². The van der Waals surface area contributed by atoms with Crippen LogP contribution in [-0.2, 0) is 13.0 Å². The monoisotopic (exact) mass is 376 g/mol. The Morgan fingerprint density at radius 3 is 2.63 bits per heavy atom. The van der Waals surface area contributed by atoms with Crippen molar-refractivity contribution in [3.8, 4) is 0 Å². The Bertz CT molecular complexity index is 1080. The van der Waals surface area contributed by atoms with E-state index in [2.05, 4.69) is 64.0 Å². The van der Waals surface area contributed by atoms with Crippen molar-refractivity contribution in [3.05, 3.63) is 98.2 Å². The Morgan fingerprint density at radius 2 is 1.89 bits per heavy atom. The molecule has 0 aliphatic heterocycles. The first-order valence-electron chi connectivity index (χ1n) is 9.18. The van der Waals surface area contributed by atoms with Gasteiger partial charge >= 0.3 is 0 Å². The first-order valence-corrected chi connectivity index (χ1v) is 10.1. The van der Waals surface area contributed by atoms with Crippen LogP contribution in [0.5, 0.6) is 0 Å². The van der Waals surface area contributed by atoms with Gasteiger partial charge in [-0.3, -0.25) is 4.79 Å². The maximum absolute atomic E-state index is 12.3. The van der Waals surface area contributed by atoms with E-state index in [4.69, 9.17) is 0 Å². The summed E-state index contributed by atoms with van der Waals surface area (Å²) in [6.45, 7) is 2.78. The standard InChI is InChI=1S/C22H21N3OS/c1-2-15-9-11-16(12-10-15)21(19-8-5-13-27-19)23-14-20-24-18-7-4-3-6-17(18)22(26)25-20/h3-13,21,23H,2,14H2,1H3,(H,24,25,26)/p+1/t21-/m1/s1. The molecule has 136 valence electrons. The van der Waals surface area contributed by atoms with Crippen LogP contribution in [0, 0.1) is 0 Å². The van der Waals surface area contributed by atoms with Crippen LogP contribution in [-0.4, -0.2) is 9.97 Å². The van der Waals surface area contributed by atoms with E-state index in [-0.39, 0.29) is 11.6 Å². The van der Waals surface area contributed by atoms with Crippen LogP contribution in [0.4, 0.5) is 0 Å². The minimum Gasteiger partial charge on any atom is -0.329 e. The van der Waals surface area contributed by atoms with Crippen LogP contribution < -0.4 is 10.9 Å². The van der Waals surface area contributed by atoms with Gasteiger partial charge in [0.15, 0.2) is 5.82 Å². The van der Waals surface area contributed by atoms with E-state index < -0.39 is 0 Å². The van der Waals surface area contributed by atoms with Crippen LogP contribution in [0.3, 0.4) is 0 Å². The number of thiophene rings is 1. The number of fused-ring (bicyclic) bond motifs is 1. The Hall–Kier alpha value is -2.76. The first-order chi connectivity index (χ1) is 13.2. The number of aromatic nitrogens is 2. The summed E-state index contributed by atoms with van der Waals surface area (Å²) < 4.78 is 0. The Kier molecular flexibility index (Phi) is 5.14. The molecule has 0 spiro atoms. The van der Waals surface area contributed by atoms with Gasteiger partial charge in [0, 0.05) is 5.56 Å². The van der Waals surface area contributed by atoms with E-state index in [9.17, 15) is 4.79 Å². The average Bonchev–Trinajstić information content (AvgIpc) is 3.23. The number of nitrogens with zero attached hydrogens (tertiary/aromatic N) is 1. The van der Waals surface area contributed by atoms with Gasteiger partial charge in [-0.2, -0.15) is 0 Å². The number of quaternary nitrogens is 1. The SMILES string of the molecule is CCc1ccc([C@@H]([NH2+]Cc2nc3ccccc3c(=O)[nH]2)c2cccs2)cc1. The summed E-state index contributed by atoms with van der Waals surface area (Å²) >= 11 is 1.75. The van der Waals surface area contributed by atoms with Crippen molar-refractivity contribution in [2.24, 2.45) is 0 Å². The summed E-state index contributed by atoms with van der Waals surface area (Å²) in [5.41, 5.74) is 3.26. The Balaban J connectivity index is 1.61. The summed E-state index contributed by atoms with van der Waals surface area (Å²) in [5.74, 6) is 0.699. The van der Waals surface area contributed by atoms with Gasteiger partial charge in [-0.15, -0.1) is 11.3 Å². The maximum Gasteiger partial charge on any atom is 0.258 e. The zero-order valence-corrected chi connectivity index (χ0v) is 16.0. The van der Waals surface area contributed by atoms with Crippen molar-refractivity contribution in [1.29, 1.82) is 0 Å². The number of benzene rings is 2. The highest BCUT2D eigenvalue weighted by molar-refractivity contribution is 7.10. The topological polar surface area (TPSA) is 62.4 Å². The normalized spacial score (nSPS) is 12.3. The van der Waals surface area contributed by atoms with Gasteiger partial charge in [-0.05, 0) is 35.6 Å². The fourth-order valence-corrected chi connectivity index (χ4v) is 4.16. The molecule has 0 amide bonds. The molecule has 2 heterocycles. The molecular formula is C22H22N3OS+. The van der Waals surface area contributed by atoms with E-state index >= 15 is 0 Å². The molecule has 4 nitrogen and oxygen atoms in total. The van der Waals surface area contributed by atoms with Crippen molar-refractivity contribution >= 4 is 22.2 Å². The fraction of sp³-hybridized carbons (Fsp3) is 0.182. The molecule has 2 aromatic carbocycles. The average molecular weight is 377 g/mol. The van der Waals surface area contributed by atoms with E-state index in [0.717, 1.165) is 11.9 Å². The number of aromatic amines is 1. The number of nitrogens with two attached hydrogens (primary N) is 1. The molecule has 0 fully saturated rings. The number of hydrogen-bond acceptors (Lipinski definition) is 3. The van der Waals surface area contributed by atoms with E-state index in [0.29, 0.717) is 17.8 Å². The fourth-order valence-electron chi connectivity index (χ4n) is 3.31. The predicted molar refractivity (Wildman–Crippen MR) is 110 cm³/mol. The van der Waals surface area contributed by atoms with Crippen molar-refractivity contribution in [2.75, 3.05) is 0 Å².